The number of hydrogen-bond donors (Lipinski definition) is 2. The molecule has 1 saturated carbocycles. The Labute approximate surface area is 94.7 Å². The lowest BCUT2D eigenvalue weighted by molar-refractivity contribution is 0.0465. The Morgan fingerprint density at radius 3 is 2.81 bits per heavy atom. The second kappa shape index (κ2) is 4.29. The van der Waals surface area contributed by atoms with Crippen molar-refractivity contribution in [3.05, 3.63) is 24.0 Å². The van der Waals surface area contributed by atoms with E-state index in [2.05, 4.69) is 0 Å². The number of halogens is 1. The molecule has 0 spiro atoms. The number of para-hydroxylation sites is 1. The average molecular weight is 224 g/mol. The van der Waals surface area contributed by atoms with Gasteiger partial charge in [-0.25, -0.2) is 4.39 Å². The minimum atomic E-state index is -0.377. The summed E-state index contributed by atoms with van der Waals surface area (Å²) in [5, 5.41) is 9.20. The summed E-state index contributed by atoms with van der Waals surface area (Å²) in [5.74, 6) is 0.112. The lowest BCUT2D eigenvalue weighted by atomic mass is 9.82. The van der Waals surface area contributed by atoms with Gasteiger partial charge in [0.1, 0.15) is 5.82 Å². The second-order valence-electron chi connectivity index (χ2n) is 4.54. The summed E-state index contributed by atoms with van der Waals surface area (Å²) in [4.78, 5) is 1.95. The monoisotopic (exact) mass is 224 g/mol. The maximum atomic E-state index is 13.2. The molecule has 1 aliphatic rings. The highest BCUT2D eigenvalue weighted by molar-refractivity contribution is 5.67. The molecule has 3 N–H and O–H groups in total. The lowest BCUT2D eigenvalue weighted by Gasteiger charge is -2.35. The van der Waals surface area contributed by atoms with E-state index in [1.807, 2.05) is 18.0 Å². The lowest BCUT2D eigenvalue weighted by Crippen LogP contribution is -2.37. The zero-order valence-corrected chi connectivity index (χ0v) is 9.36. The average Bonchev–Trinajstić information content (AvgIpc) is 2.19. The van der Waals surface area contributed by atoms with Crippen LogP contribution < -0.4 is 10.6 Å². The van der Waals surface area contributed by atoms with Gasteiger partial charge in [-0.05, 0) is 30.9 Å². The Kier molecular flexibility index (Phi) is 3.01. The molecule has 2 rings (SSSR count). The van der Waals surface area contributed by atoms with E-state index in [9.17, 15) is 9.50 Å². The van der Waals surface area contributed by atoms with E-state index < -0.39 is 0 Å². The van der Waals surface area contributed by atoms with Crippen LogP contribution in [0.4, 0.5) is 15.8 Å². The van der Waals surface area contributed by atoms with Crippen LogP contribution in [0.15, 0.2) is 18.2 Å². The molecule has 0 atom stereocenters. The molecule has 0 saturated heterocycles. The van der Waals surface area contributed by atoms with E-state index in [1.54, 1.807) is 6.07 Å². The fourth-order valence-electron chi connectivity index (χ4n) is 2.19. The van der Waals surface area contributed by atoms with Crippen LogP contribution in [0.3, 0.4) is 0 Å². The highest BCUT2D eigenvalue weighted by Gasteiger charge is 2.28. The number of aliphatic hydroxyl groups excluding tert-OH is 1. The molecule has 16 heavy (non-hydrogen) atoms. The smallest absolute Gasteiger partial charge is 0.148 e. The first kappa shape index (κ1) is 11.2. The first-order valence-electron chi connectivity index (χ1n) is 5.51. The first-order chi connectivity index (χ1) is 7.58. The van der Waals surface area contributed by atoms with Crippen LogP contribution in [0.25, 0.3) is 0 Å². The van der Waals surface area contributed by atoms with E-state index >= 15 is 0 Å². The molecule has 1 aromatic rings. The first-order valence-corrected chi connectivity index (χ1v) is 5.51. The SMILES string of the molecule is CN(CC1CC(O)C1)c1cccc(F)c1N. The maximum absolute atomic E-state index is 13.2. The minimum Gasteiger partial charge on any atom is -0.395 e. The van der Waals surface area contributed by atoms with E-state index in [-0.39, 0.29) is 17.6 Å². The molecule has 1 fully saturated rings. The molecular weight excluding hydrogens is 207 g/mol. The number of nitrogen functional groups attached to an aromatic ring is 1. The van der Waals surface area contributed by atoms with Gasteiger partial charge >= 0.3 is 0 Å². The summed E-state index contributed by atoms with van der Waals surface area (Å²) in [6.07, 6.45) is 1.52. The third-order valence-electron chi connectivity index (χ3n) is 3.18. The van der Waals surface area contributed by atoms with Gasteiger partial charge in [-0.3, -0.25) is 0 Å². The molecule has 4 heteroatoms. The fourth-order valence-corrected chi connectivity index (χ4v) is 2.19. The largest absolute Gasteiger partial charge is 0.395 e. The van der Waals surface area contributed by atoms with Gasteiger partial charge in [-0.1, -0.05) is 6.07 Å². The van der Waals surface area contributed by atoms with Crippen molar-refractivity contribution in [1.82, 2.24) is 0 Å². The minimum absolute atomic E-state index is 0.150. The predicted octanol–water partition coefficient (Wildman–Crippen LogP) is 1.61. The zero-order chi connectivity index (χ0) is 11.7. The van der Waals surface area contributed by atoms with Gasteiger partial charge in [0.05, 0.1) is 17.5 Å². The van der Waals surface area contributed by atoms with Crippen LogP contribution in [0, 0.1) is 11.7 Å². The number of anilines is 2. The molecule has 3 nitrogen and oxygen atoms in total. The molecular formula is C12H17FN2O. The standard InChI is InChI=1S/C12H17FN2O/c1-15(7-8-5-9(16)6-8)11-4-2-3-10(13)12(11)14/h2-4,8-9,16H,5-7,14H2,1H3. The van der Waals surface area contributed by atoms with Gasteiger partial charge in [-0.2, -0.15) is 0 Å². The summed E-state index contributed by atoms with van der Waals surface area (Å²) in [6.45, 7) is 0.810. The zero-order valence-electron chi connectivity index (χ0n) is 9.36. The molecule has 1 aliphatic carbocycles. The molecule has 1 aromatic carbocycles. The molecule has 0 heterocycles. The van der Waals surface area contributed by atoms with Crippen LogP contribution in [0.2, 0.25) is 0 Å². The van der Waals surface area contributed by atoms with Crippen molar-refractivity contribution >= 4 is 11.4 Å². The molecule has 0 aliphatic heterocycles. The number of nitrogens with zero attached hydrogens (tertiary/aromatic N) is 1. The van der Waals surface area contributed by atoms with Crippen molar-refractivity contribution in [2.75, 3.05) is 24.2 Å². The van der Waals surface area contributed by atoms with Crippen molar-refractivity contribution in [2.24, 2.45) is 5.92 Å². The van der Waals surface area contributed by atoms with Gasteiger partial charge in [0, 0.05) is 13.6 Å². The van der Waals surface area contributed by atoms with Crippen molar-refractivity contribution in [2.45, 2.75) is 18.9 Å². The highest BCUT2D eigenvalue weighted by Crippen LogP contribution is 2.31. The molecule has 0 radical (unpaired) electrons. The Hall–Kier alpha value is -1.29. The topological polar surface area (TPSA) is 49.5 Å². The van der Waals surface area contributed by atoms with Gasteiger partial charge in [0.25, 0.3) is 0 Å². The molecule has 88 valence electrons. The molecule has 0 aromatic heterocycles. The molecule has 0 bridgehead atoms. The summed E-state index contributed by atoms with van der Waals surface area (Å²) >= 11 is 0. The quantitative estimate of drug-likeness (QED) is 0.767. The molecule has 0 amide bonds. The predicted molar refractivity (Wildman–Crippen MR) is 62.8 cm³/mol. The van der Waals surface area contributed by atoms with E-state index in [0.717, 1.165) is 25.1 Å². The number of rotatable bonds is 3. The summed E-state index contributed by atoms with van der Waals surface area (Å²) < 4.78 is 13.2. The number of benzene rings is 1. The highest BCUT2D eigenvalue weighted by atomic mass is 19.1. The van der Waals surface area contributed by atoms with E-state index in [4.69, 9.17) is 5.73 Å². The van der Waals surface area contributed by atoms with Crippen LogP contribution in [-0.4, -0.2) is 24.8 Å². The van der Waals surface area contributed by atoms with Gasteiger partial charge in [0.15, 0.2) is 0 Å². The van der Waals surface area contributed by atoms with Crippen molar-refractivity contribution < 1.29 is 9.50 Å². The number of hydrogen-bond acceptors (Lipinski definition) is 3. The van der Waals surface area contributed by atoms with Gasteiger partial charge < -0.3 is 15.7 Å². The second-order valence-corrected chi connectivity index (χ2v) is 4.54. The Bertz CT molecular complexity index is 377. The number of aliphatic hydroxyl groups is 1. The Balaban J connectivity index is 2.03. The third-order valence-corrected chi connectivity index (χ3v) is 3.18. The molecule has 0 unspecified atom stereocenters. The maximum Gasteiger partial charge on any atom is 0.148 e. The number of nitrogens with two attached hydrogens (primary N) is 1. The summed E-state index contributed by atoms with van der Waals surface area (Å²) in [5.41, 5.74) is 6.60. The van der Waals surface area contributed by atoms with Crippen molar-refractivity contribution in [3.8, 4) is 0 Å². The van der Waals surface area contributed by atoms with Crippen LogP contribution in [0.1, 0.15) is 12.8 Å². The van der Waals surface area contributed by atoms with Gasteiger partial charge in [-0.15, -0.1) is 0 Å². The van der Waals surface area contributed by atoms with Gasteiger partial charge in [0.2, 0.25) is 0 Å². The van der Waals surface area contributed by atoms with E-state index in [0.29, 0.717) is 5.92 Å². The van der Waals surface area contributed by atoms with Crippen molar-refractivity contribution in [3.63, 3.8) is 0 Å². The third kappa shape index (κ3) is 2.11. The normalized spacial score (nSPS) is 23.9. The van der Waals surface area contributed by atoms with Crippen LogP contribution >= 0.6 is 0 Å². The van der Waals surface area contributed by atoms with Crippen LogP contribution in [-0.2, 0) is 0 Å². The van der Waals surface area contributed by atoms with Crippen LogP contribution in [0.5, 0.6) is 0 Å². The summed E-state index contributed by atoms with van der Waals surface area (Å²) in [6, 6.07) is 4.83. The van der Waals surface area contributed by atoms with E-state index in [1.165, 1.54) is 6.07 Å². The summed E-state index contributed by atoms with van der Waals surface area (Å²) in [7, 11) is 1.90. The Morgan fingerprint density at radius 2 is 2.19 bits per heavy atom. The van der Waals surface area contributed by atoms with Crippen molar-refractivity contribution in [1.29, 1.82) is 0 Å². The fraction of sp³-hybridized carbons (Fsp3) is 0.500. The Morgan fingerprint density at radius 1 is 1.50 bits per heavy atom.